The van der Waals surface area contributed by atoms with E-state index in [1.54, 1.807) is 0 Å². The monoisotopic (exact) mass is 407 g/mol. The fourth-order valence-electron chi connectivity index (χ4n) is 3.87. The highest BCUT2D eigenvalue weighted by atomic mass is 15.3. The van der Waals surface area contributed by atoms with E-state index in [0.29, 0.717) is 13.1 Å². The second kappa shape index (κ2) is 8.20. The van der Waals surface area contributed by atoms with Gasteiger partial charge in [-0.05, 0) is 43.2 Å². The van der Waals surface area contributed by atoms with E-state index in [4.69, 9.17) is 5.10 Å². The lowest BCUT2D eigenvalue weighted by Crippen LogP contribution is -2.13. The van der Waals surface area contributed by atoms with Gasteiger partial charge in [-0.2, -0.15) is 5.10 Å². The molecule has 0 saturated heterocycles. The minimum absolute atomic E-state index is 0.699. The van der Waals surface area contributed by atoms with Gasteiger partial charge in [0.25, 0.3) is 0 Å². The highest BCUT2D eigenvalue weighted by Crippen LogP contribution is 2.25. The van der Waals surface area contributed by atoms with Gasteiger partial charge < -0.3 is 9.72 Å². The van der Waals surface area contributed by atoms with Crippen LogP contribution in [0.25, 0.3) is 22.6 Å². The normalized spacial score (nSPS) is 11.3. The first kappa shape index (κ1) is 19.3. The quantitative estimate of drug-likeness (QED) is 0.426. The van der Waals surface area contributed by atoms with Crippen LogP contribution in [0.5, 0.6) is 0 Å². The van der Waals surface area contributed by atoms with Crippen molar-refractivity contribution in [3.63, 3.8) is 0 Å². The van der Waals surface area contributed by atoms with Crippen LogP contribution in [0.4, 0.5) is 0 Å². The molecule has 3 aromatic heterocycles. The minimum Gasteiger partial charge on any atom is -0.307 e. The molecule has 0 aliphatic carbocycles. The number of hydrogen-bond donors (Lipinski definition) is 1. The number of nitrogens with zero attached hydrogens (tertiary/aromatic N) is 4. The first-order valence-corrected chi connectivity index (χ1v) is 10.5. The highest BCUT2D eigenvalue weighted by Gasteiger charge is 2.13. The maximum absolute atomic E-state index is 4.97. The van der Waals surface area contributed by atoms with Crippen molar-refractivity contribution in [2.24, 2.45) is 0 Å². The molecule has 0 unspecified atom stereocenters. The van der Waals surface area contributed by atoms with Crippen molar-refractivity contribution in [3.05, 3.63) is 108 Å². The van der Waals surface area contributed by atoms with Gasteiger partial charge in [0.2, 0.25) is 0 Å². The summed E-state index contributed by atoms with van der Waals surface area (Å²) in [5.74, 6) is 0. The summed E-state index contributed by atoms with van der Waals surface area (Å²) in [6.45, 7) is 5.65. The summed E-state index contributed by atoms with van der Waals surface area (Å²) >= 11 is 0. The smallest absolute Gasteiger partial charge is 0.137 e. The van der Waals surface area contributed by atoms with Gasteiger partial charge in [0.1, 0.15) is 5.65 Å². The number of imidazole rings is 1. The molecule has 5 heteroatoms. The van der Waals surface area contributed by atoms with Crippen LogP contribution in [0.1, 0.15) is 22.4 Å². The number of benzene rings is 2. The zero-order valence-corrected chi connectivity index (χ0v) is 17.8. The van der Waals surface area contributed by atoms with E-state index < -0.39 is 0 Å². The SMILES string of the molecule is Cc1ccc(C)c(-n2cc(CNCc3cn4ccccc4n3)c(-c3ccccc3)n2)c1. The molecular formula is C26H25N5. The molecule has 5 rings (SSSR count). The third-order valence-corrected chi connectivity index (χ3v) is 5.48. The average Bonchev–Trinajstić information content (AvgIpc) is 3.40. The Bertz CT molecular complexity index is 1300. The topological polar surface area (TPSA) is 47.2 Å². The standard InChI is InChI=1S/C26H25N5/c1-19-11-12-20(2)24(14-19)31-17-22(26(29-31)21-8-4-3-5-9-21)15-27-16-23-18-30-13-7-6-10-25(30)28-23/h3-14,17-18,27H,15-16H2,1-2H3. The van der Waals surface area contributed by atoms with E-state index in [1.165, 1.54) is 11.1 Å². The van der Waals surface area contributed by atoms with Gasteiger partial charge in [-0.3, -0.25) is 0 Å². The lowest BCUT2D eigenvalue weighted by atomic mass is 10.1. The number of hydrogen-bond acceptors (Lipinski definition) is 3. The number of aromatic nitrogens is 4. The van der Waals surface area contributed by atoms with Gasteiger partial charge in [0, 0.05) is 42.8 Å². The summed E-state index contributed by atoms with van der Waals surface area (Å²) in [7, 11) is 0. The van der Waals surface area contributed by atoms with Crippen molar-refractivity contribution < 1.29 is 0 Å². The summed E-state index contributed by atoms with van der Waals surface area (Å²) in [4.78, 5) is 4.68. The Hall–Kier alpha value is -3.70. The lowest BCUT2D eigenvalue weighted by molar-refractivity contribution is 0.683. The lowest BCUT2D eigenvalue weighted by Gasteiger charge is -2.06. The van der Waals surface area contributed by atoms with Gasteiger partial charge in [0.15, 0.2) is 0 Å². The van der Waals surface area contributed by atoms with Crippen molar-refractivity contribution in [1.29, 1.82) is 0 Å². The van der Waals surface area contributed by atoms with E-state index in [9.17, 15) is 0 Å². The highest BCUT2D eigenvalue weighted by molar-refractivity contribution is 5.63. The zero-order valence-electron chi connectivity index (χ0n) is 17.8. The molecule has 3 heterocycles. The van der Waals surface area contributed by atoms with E-state index in [0.717, 1.165) is 33.8 Å². The molecule has 0 saturated carbocycles. The second-order valence-corrected chi connectivity index (χ2v) is 7.91. The second-order valence-electron chi connectivity index (χ2n) is 7.91. The summed E-state index contributed by atoms with van der Waals surface area (Å²) in [5.41, 5.74) is 8.82. The fraction of sp³-hybridized carbons (Fsp3) is 0.154. The molecule has 0 spiro atoms. The van der Waals surface area contributed by atoms with E-state index in [2.05, 4.69) is 79.0 Å². The zero-order chi connectivity index (χ0) is 21.2. The van der Waals surface area contributed by atoms with Gasteiger partial charge in [-0.15, -0.1) is 0 Å². The number of nitrogens with one attached hydrogen (secondary N) is 1. The van der Waals surface area contributed by atoms with Crippen LogP contribution in [0.2, 0.25) is 0 Å². The molecular weight excluding hydrogens is 382 g/mol. The first-order valence-electron chi connectivity index (χ1n) is 10.5. The summed E-state index contributed by atoms with van der Waals surface area (Å²) < 4.78 is 4.05. The van der Waals surface area contributed by atoms with Gasteiger partial charge in [-0.1, -0.05) is 48.5 Å². The Labute approximate surface area is 182 Å². The number of aryl methyl sites for hydroxylation is 2. The van der Waals surface area contributed by atoms with Crippen LogP contribution in [0, 0.1) is 13.8 Å². The Balaban J connectivity index is 1.43. The minimum atomic E-state index is 0.699. The van der Waals surface area contributed by atoms with Crippen LogP contribution in [0.15, 0.2) is 85.3 Å². The van der Waals surface area contributed by atoms with E-state index in [-0.39, 0.29) is 0 Å². The summed E-state index contributed by atoms with van der Waals surface area (Å²) in [6.07, 6.45) is 6.23. The molecule has 1 N–H and O–H groups in total. The Morgan fingerprint density at radius 2 is 1.71 bits per heavy atom. The van der Waals surface area contributed by atoms with E-state index >= 15 is 0 Å². The first-order chi connectivity index (χ1) is 15.2. The third kappa shape index (κ3) is 4.00. The van der Waals surface area contributed by atoms with Crippen LogP contribution >= 0.6 is 0 Å². The van der Waals surface area contributed by atoms with Crippen molar-refractivity contribution in [1.82, 2.24) is 24.5 Å². The van der Waals surface area contributed by atoms with Crippen molar-refractivity contribution in [2.75, 3.05) is 0 Å². The molecule has 0 aliphatic rings. The van der Waals surface area contributed by atoms with E-state index in [1.807, 2.05) is 39.5 Å². The van der Waals surface area contributed by atoms with Crippen LogP contribution < -0.4 is 5.32 Å². The van der Waals surface area contributed by atoms with Gasteiger partial charge in [-0.25, -0.2) is 9.67 Å². The van der Waals surface area contributed by atoms with Crippen molar-refractivity contribution in [2.45, 2.75) is 26.9 Å². The molecule has 31 heavy (non-hydrogen) atoms. The fourth-order valence-corrected chi connectivity index (χ4v) is 3.87. The van der Waals surface area contributed by atoms with Crippen LogP contribution in [-0.4, -0.2) is 19.2 Å². The molecule has 0 atom stereocenters. The van der Waals surface area contributed by atoms with Crippen LogP contribution in [0.3, 0.4) is 0 Å². The summed E-state index contributed by atoms with van der Waals surface area (Å²) in [5, 5.41) is 8.52. The van der Waals surface area contributed by atoms with Gasteiger partial charge in [0.05, 0.1) is 17.1 Å². The van der Waals surface area contributed by atoms with Crippen LogP contribution in [-0.2, 0) is 13.1 Å². The predicted octanol–water partition coefficient (Wildman–Crippen LogP) is 5.09. The Morgan fingerprint density at radius 1 is 0.871 bits per heavy atom. The number of pyridine rings is 1. The largest absolute Gasteiger partial charge is 0.307 e. The molecule has 2 aromatic carbocycles. The maximum Gasteiger partial charge on any atom is 0.137 e. The number of fused-ring (bicyclic) bond motifs is 1. The predicted molar refractivity (Wildman–Crippen MR) is 124 cm³/mol. The third-order valence-electron chi connectivity index (χ3n) is 5.48. The van der Waals surface area contributed by atoms with Gasteiger partial charge >= 0.3 is 0 Å². The van der Waals surface area contributed by atoms with Crippen molar-refractivity contribution >= 4 is 5.65 Å². The number of rotatable bonds is 6. The Kier molecular flexibility index (Phi) is 5.10. The molecule has 5 nitrogen and oxygen atoms in total. The molecule has 0 fully saturated rings. The molecule has 154 valence electrons. The Morgan fingerprint density at radius 3 is 2.55 bits per heavy atom. The molecule has 0 bridgehead atoms. The average molecular weight is 408 g/mol. The molecule has 0 radical (unpaired) electrons. The van der Waals surface area contributed by atoms with Crippen molar-refractivity contribution in [3.8, 4) is 16.9 Å². The molecule has 5 aromatic rings. The summed E-state index contributed by atoms with van der Waals surface area (Å²) in [6, 6.07) is 22.9. The molecule has 0 aliphatic heterocycles. The molecule has 0 amide bonds. The maximum atomic E-state index is 4.97.